The third-order valence-electron chi connectivity index (χ3n) is 4.50. The lowest BCUT2D eigenvalue weighted by Crippen LogP contribution is -1.98. The molecule has 0 fully saturated rings. The van der Waals surface area contributed by atoms with E-state index < -0.39 is 0 Å². The second-order valence-corrected chi connectivity index (χ2v) is 6.54. The van der Waals surface area contributed by atoms with Gasteiger partial charge in [-0.2, -0.15) is 0 Å². The summed E-state index contributed by atoms with van der Waals surface area (Å²) in [5.41, 5.74) is 4.00. The molecule has 0 aliphatic rings. The summed E-state index contributed by atoms with van der Waals surface area (Å²) >= 11 is 0. The summed E-state index contributed by atoms with van der Waals surface area (Å²) in [4.78, 5) is 0.745. The fraction of sp³-hybridized carbons (Fsp3) is 0.455. The molecule has 0 saturated heterocycles. The Morgan fingerprint density at radius 3 is 2.16 bits per heavy atom. The molecule has 0 unspecified atom stereocenters. The van der Waals surface area contributed by atoms with Gasteiger partial charge in [0.05, 0.1) is 0 Å². The number of azo groups is 1. The first-order valence-corrected chi connectivity index (χ1v) is 9.61. The van der Waals surface area contributed by atoms with Gasteiger partial charge in [0.25, 0.3) is 0 Å². The Kier molecular flexibility index (Phi) is 8.17. The van der Waals surface area contributed by atoms with Crippen LogP contribution >= 0.6 is 0 Å². The molecule has 0 amide bonds. The molecule has 25 heavy (non-hydrogen) atoms. The Bertz CT molecular complexity index is 665. The van der Waals surface area contributed by atoms with Gasteiger partial charge in [-0.25, -0.2) is 0 Å². The fourth-order valence-electron chi connectivity index (χ4n) is 3.07. The number of aryl methyl sites for hydroxylation is 1. The molecule has 2 rings (SSSR count). The van der Waals surface area contributed by atoms with Crippen molar-refractivity contribution >= 4 is 11.4 Å². The third kappa shape index (κ3) is 6.00. The highest BCUT2D eigenvalue weighted by molar-refractivity contribution is 5.50. The molecule has 134 valence electrons. The Hall–Kier alpha value is -2.16. The van der Waals surface area contributed by atoms with Gasteiger partial charge in [-0.15, -0.1) is 0 Å². The van der Waals surface area contributed by atoms with Crippen LogP contribution in [-0.2, 0) is 12.8 Å². The smallest absolute Gasteiger partial charge is 0.244 e. The number of nitrogens with zero attached hydrogens (tertiary/aromatic N) is 2. The first-order chi connectivity index (χ1) is 12.3. The van der Waals surface area contributed by atoms with Crippen molar-refractivity contribution in [2.45, 2.75) is 65.2 Å². The average molecular weight is 338 g/mol. The molecule has 3 nitrogen and oxygen atoms in total. The maximum atomic E-state index is 12.4. The van der Waals surface area contributed by atoms with Crippen molar-refractivity contribution in [3.63, 3.8) is 0 Å². The van der Waals surface area contributed by atoms with Crippen molar-refractivity contribution < 1.29 is 4.86 Å². The summed E-state index contributed by atoms with van der Waals surface area (Å²) in [6.07, 6.45) is 9.28. The molecule has 0 heterocycles. The monoisotopic (exact) mass is 338 g/mol. The van der Waals surface area contributed by atoms with Gasteiger partial charge < -0.3 is 5.21 Å². The van der Waals surface area contributed by atoms with Crippen LogP contribution in [0.1, 0.15) is 63.5 Å². The zero-order valence-electron chi connectivity index (χ0n) is 15.6. The van der Waals surface area contributed by atoms with E-state index in [0.717, 1.165) is 29.8 Å². The zero-order valence-corrected chi connectivity index (χ0v) is 15.6. The maximum Gasteiger partial charge on any atom is 0.244 e. The number of hydrogen-bond acceptors (Lipinski definition) is 2. The van der Waals surface area contributed by atoms with E-state index in [0.29, 0.717) is 5.69 Å². The predicted octanol–water partition coefficient (Wildman–Crippen LogP) is 7.08. The first kappa shape index (κ1) is 19.2. The molecule has 0 saturated carbocycles. The van der Waals surface area contributed by atoms with E-state index in [2.05, 4.69) is 25.0 Å². The van der Waals surface area contributed by atoms with E-state index in [-0.39, 0.29) is 0 Å². The quantitative estimate of drug-likeness (QED) is 0.197. The third-order valence-corrected chi connectivity index (χ3v) is 4.50. The minimum atomic E-state index is 0.568. The van der Waals surface area contributed by atoms with E-state index in [4.69, 9.17) is 0 Å². The fourth-order valence-corrected chi connectivity index (χ4v) is 3.07. The van der Waals surface area contributed by atoms with Crippen LogP contribution in [0.25, 0.3) is 0 Å². The molecule has 2 aromatic rings. The van der Waals surface area contributed by atoms with Crippen molar-refractivity contribution in [3.05, 3.63) is 64.9 Å². The summed E-state index contributed by atoms with van der Waals surface area (Å²) in [7, 11) is 0. The Morgan fingerprint density at radius 1 is 0.800 bits per heavy atom. The van der Waals surface area contributed by atoms with E-state index in [1.165, 1.54) is 43.2 Å². The SMILES string of the molecule is CCCCCc1cccc(N=[N+]([O-])c2ccccc2)c1CCCCC. The second-order valence-electron chi connectivity index (χ2n) is 6.54. The minimum Gasteiger partial charge on any atom is -0.594 e. The topological polar surface area (TPSA) is 38.4 Å². The van der Waals surface area contributed by atoms with Gasteiger partial charge in [0.15, 0.2) is 0 Å². The molecular weight excluding hydrogens is 308 g/mol. The van der Waals surface area contributed by atoms with Gasteiger partial charge in [0.1, 0.15) is 5.69 Å². The molecule has 2 aromatic carbocycles. The van der Waals surface area contributed by atoms with E-state index in [1.807, 2.05) is 30.3 Å². The summed E-state index contributed by atoms with van der Waals surface area (Å²) in [6, 6.07) is 15.4. The Morgan fingerprint density at radius 2 is 1.48 bits per heavy atom. The van der Waals surface area contributed by atoms with Gasteiger partial charge in [0, 0.05) is 17.2 Å². The molecule has 0 atom stereocenters. The van der Waals surface area contributed by atoms with Crippen molar-refractivity contribution in [2.24, 2.45) is 5.11 Å². The highest BCUT2D eigenvalue weighted by Crippen LogP contribution is 2.28. The predicted molar refractivity (Wildman–Crippen MR) is 105 cm³/mol. The van der Waals surface area contributed by atoms with Crippen LogP contribution in [0.15, 0.2) is 53.6 Å². The molecule has 0 aliphatic carbocycles. The standard InChI is InChI=1S/C22H30N2O/c1-3-5-8-13-19-14-12-18-22(21(19)17-9-6-4-2)23-24(25)20-15-10-7-11-16-20/h7,10-12,14-16,18H,3-6,8-9,13,17H2,1-2H3. The van der Waals surface area contributed by atoms with Gasteiger partial charge in [0.2, 0.25) is 5.69 Å². The second kappa shape index (κ2) is 10.7. The summed E-state index contributed by atoms with van der Waals surface area (Å²) in [6.45, 7) is 4.44. The first-order valence-electron chi connectivity index (χ1n) is 9.61. The van der Waals surface area contributed by atoms with Crippen molar-refractivity contribution in [1.29, 1.82) is 0 Å². The van der Waals surface area contributed by atoms with Gasteiger partial charge >= 0.3 is 0 Å². The molecule has 0 N–H and O–H groups in total. The van der Waals surface area contributed by atoms with Crippen LogP contribution in [0.2, 0.25) is 0 Å². The van der Waals surface area contributed by atoms with Crippen LogP contribution in [0.5, 0.6) is 0 Å². The summed E-state index contributed by atoms with van der Waals surface area (Å²) < 4.78 is 0. The number of hydrogen-bond donors (Lipinski definition) is 0. The lowest BCUT2D eigenvalue weighted by Gasteiger charge is -2.12. The van der Waals surface area contributed by atoms with Crippen LogP contribution in [-0.4, -0.2) is 4.86 Å². The van der Waals surface area contributed by atoms with Crippen molar-refractivity contribution in [1.82, 2.24) is 0 Å². The number of rotatable bonds is 10. The van der Waals surface area contributed by atoms with E-state index in [1.54, 1.807) is 12.1 Å². The van der Waals surface area contributed by atoms with Crippen LogP contribution in [0.3, 0.4) is 0 Å². The minimum absolute atomic E-state index is 0.568. The van der Waals surface area contributed by atoms with E-state index in [9.17, 15) is 5.21 Å². The van der Waals surface area contributed by atoms with Crippen molar-refractivity contribution in [3.8, 4) is 0 Å². The normalized spacial score (nSPS) is 11.7. The van der Waals surface area contributed by atoms with Crippen LogP contribution in [0.4, 0.5) is 11.4 Å². The zero-order chi connectivity index (χ0) is 17.9. The largest absolute Gasteiger partial charge is 0.594 e. The van der Waals surface area contributed by atoms with Crippen molar-refractivity contribution in [2.75, 3.05) is 0 Å². The molecule has 0 aliphatic heterocycles. The van der Waals surface area contributed by atoms with Gasteiger partial charge in [-0.1, -0.05) is 74.7 Å². The lowest BCUT2D eigenvalue weighted by atomic mass is 9.95. The van der Waals surface area contributed by atoms with E-state index >= 15 is 0 Å². The van der Waals surface area contributed by atoms with Gasteiger partial charge in [-0.05, 0) is 42.9 Å². The molecule has 0 bridgehead atoms. The number of unbranched alkanes of at least 4 members (excludes halogenated alkanes) is 4. The highest BCUT2D eigenvalue weighted by Gasteiger charge is 2.11. The van der Waals surface area contributed by atoms with Gasteiger partial charge in [-0.3, -0.25) is 0 Å². The average Bonchev–Trinajstić information content (AvgIpc) is 2.64. The van der Waals surface area contributed by atoms with Crippen LogP contribution in [0, 0.1) is 5.21 Å². The summed E-state index contributed by atoms with van der Waals surface area (Å²) in [5.74, 6) is 0. The number of para-hydroxylation sites is 1. The molecule has 3 heteroatoms. The van der Waals surface area contributed by atoms with Crippen LogP contribution < -0.4 is 0 Å². The summed E-state index contributed by atoms with van der Waals surface area (Å²) in [5, 5.41) is 16.8. The lowest BCUT2D eigenvalue weighted by molar-refractivity contribution is -0.435. The Balaban J connectivity index is 2.29. The number of benzene rings is 2. The highest BCUT2D eigenvalue weighted by atomic mass is 16.5. The molecule has 0 aromatic heterocycles. The maximum absolute atomic E-state index is 12.4. The molecule has 0 spiro atoms. The molecule has 0 radical (unpaired) electrons. The molecular formula is C22H30N2O. The Labute approximate surface area is 152 Å².